The second kappa shape index (κ2) is 7.92. The number of carbonyl (C=O) groups excluding carboxylic acids is 1. The van der Waals surface area contributed by atoms with Crippen LogP contribution in [0.25, 0.3) is 0 Å². The van der Waals surface area contributed by atoms with Crippen molar-refractivity contribution in [2.24, 2.45) is 5.73 Å². The van der Waals surface area contributed by atoms with E-state index in [4.69, 9.17) is 10.5 Å². The minimum atomic E-state index is 0.0509. The van der Waals surface area contributed by atoms with Crippen molar-refractivity contribution in [3.8, 4) is 0 Å². The fourth-order valence-corrected chi connectivity index (χ4v) is 1.88. The van der Waals surface area contributed by atoms with Crippen LogP contribution in [0.3, 0.4) is 0 Å². The summed E-state index contributed by atoms with van der Waals surface area (Å²) in [6, 6.07) is 7.69. The lowest BCUT2D eigenvalue weighted by Gasteiger charge is -2.28. The zero-order valence-electron chi connectivity index (χ0n) is 12.1. The number of nitrogens with zero attached hydrogens (tertiary/aromatic N) is 1. The third kappa shape index (κ3) is 4.33. The number of rotatable bonds is 7. The highest BCUT2D eigenvalue weighted by molar-refractivity contribution is 5.94. The summed E-state index contributed by atoms with van der Waals surface area (Å²) in [6.45, 7) is 5.80. The summed E-state index contributed by atoms with van der Waals surface area (Å²) in [6.07, 6.45) is 0.927. The van der Waals surface area contributed by atoms with E-state index in [1.54, 1.807) is 7.11 Å². The van der Waals surface area contributed by atoms with Crippen molar-refractivity contribution in [3.63, 3.8) is 0 Å². The maximum Gasteiger partial charge on any atom is 0.254 e. The molecule has 1 unspecified atom stereocenters. The topological polar surface area (TPSA) is 55.6 Å². The molecule has 19 heavy (non-hydrogen) atoms. The van der Waals surface area contributed by atoms with E-state index in [2.05, 4.69) is 13.8 Å². The number of hydrogen-bond acceptors (Lipinski definition) is 3. The molecule has 1 atom stereocenters. The monoisotopic (exact) mass is 264 g/mol. The Bertz CT molecular complexity index is 390. The van der Waals surface area contributed by atoms with Gasteiger partial charge in [0.15, 0.2) is 0 Å². The summed E-state index contributed by atoms with van der Waals surface area (Å²) in [4.78, 5) is 14.4. The smallest absolute Gasteiger partial charge is 0.254 e. The molecule has 0 spiro atoms. The first-order valence-corrected chi connectivity index (χ1v) is 6.72. The van der Waals surface area contributed by atoms with Gasteiger partial charge in [-0.1, -0.05) is 19.1 Å². The van der Waals surface area contributed by atoms with E-state index < -0.39 is 0 Å². The Hall–Kier alpha value is -1.39. The lowest BCUT2D eigenvalue weighted by atomic mass is 10.1. The van der Waals surface area contributed by atoms with Crippen molar-refractivity contribution in [2.75, 3.05) is 20.3 Å². The molecule has 0 radical (unpaired) electrons. The minimum Gasteiger partial charge on any atom is -0.383 e. The molecule has 2 N–H and O–H groups in total. The standard InChI is InChI=1S/C15H24N2O2/c1-4-12(2)17(9-10-19-3)15(18)14-7-5-13(11-16)6-8-14/h5-8,12H,4,9-11,16H2,1-3H3. The number of amides is 1. The Labute approximate surface area is 115 Å². The molecule has 0 saturated heterocycles. The molecule has 0 aliphatic rings. The van der Waals surface area contributed by atoms with Gasteiger partial charge in [-0.3, -0.25) is 4.79 Å². The average Bonchev–Trinajstić information content (AvgIpc) is 2.47. The van der Waals surface area contributed by atoms with Gasteiger partial charge in [-0.15, -0.1) is 0 Å². The molecule has 0 fully saturated rings. The van der Waals surface area contributed by atoms with Crippen LogP contribution in [0.1, 0.15) is 36.2 Å². The maximum absolute atomic E-state index is 12.5. The first kappa shape index (κ1) is 15.7. The fraction of sp³-hybridized carbons (Fsp3) is 0.533. The maximum atomic E-state index is 12.5. The van der Waals surface area contributed by atoms with Gasteiger partial charge >= 0.3 is 0 Å². The highest BCUT2D eigenvalue weighted by Gasteiger charge is 2.19. The molecule has 0 heterocycles. The Morgan fingerprint density at radius 1 is 1.37 bits per heavy atom. The summed E-state index contributed by atoms with van der Waals surface area (Å²) >= 11 is 0. The predicted octanol–water partition coefficient (Wildman–Crippen LogP) is 2.03. The van der Waals surface area contributed by atoms with Gasteiger partial charge in [0.1, 0.15) is 0 Å². The van der Waals surface area contributed by atoms with Crippen LogP contribution in [0, 0.1) is 0 Å². The van der Waals surface area contributed by atoms with E-state index in [1.165, 1.54) is 0 Å². The molecular formula is C15H24N2O2. The van der Waals surface area contributed by atoms with Crippen LogP contribution in [-0.4, -0.2) is 37.1 Å². The SMILES string of the molecule is CCC(C)N(CCOC)C(=O)c1ccc(CN)cc1. The van der Waals surface area contributed by atoms with Gasteiger partial charge in [-0.2, -0.15) is 0 Å². The molecule has 0 aliphatic carbocycles. The van der Waals surface area contributed by atoms with Crippen LogP contribution in [0.2, 0.25) is 0 Å². The summed E-state index contributed by atoms with van der Waals surface area (Å²) in [7, 11) is 1.65. The molecule has 1 aromatic rings. The highest BCUT2D eigenvalue weighted by Crippen LogP contribution is 2.12. The number of ether oxygens (including phenoxy) is 1. The van der Waals surface area contributed by atoms with Crippen LogP contribution in [-0.2, 0) is 11.3 Å². The second-order valence-corrected chi connectivity index (χ2v) is 4.65. The number of carbonyl (C=O) groups is 1. The van der Waals surface area contributed by atoms with E-state index in [9.17, 15) is 4.79 Å². The summed E-state index contributed by atoms with van der Waals surface area (Å²) in [5, 5.41) is 0. The Morgan fingerprint density at radius 2 is 2.00 bits per heavy atom. The van der Waals surface area contributed by atoms with Crippen LogP contribution in [0.15, 0.2) is 24.3 Å². The Morgan fingerprint density at radius 3 is 2.47 bits per heavy atom. The van der Waals surface area contributed by atoms with Gasteiger partial charge in [0.25, 0.3) is 5.91 Å². The molecule has 1 aromatic carbocycles. The van der Waals surface area contributed by atoms with Crippen LogP contribution < -0.4 is 5.73 Å². The van der Waals surface area contributed by atoms with Crippen molar-refractivity contribution in [1.29, 1.82) is 0 Å². The predicted molar refractivity (Wildman–Crippen MR) is 77.0 cm³/mol. The van der Waals surface area contributed by atoms with E-state index in [1.807, 2.05) is 29.2 Å². The first-order valence-electron chi connectivity index (χ1n) is 6.72. The van der Waals surface area contributed by atoms with E-state index in [0.717, 1.165) is 12.0 Å². The fourth-order valence-electron chi connectivity index (χ4n) is 1.88. The lowest BCUT2D eigenvalue weighted by Crippen LogP contribution is -2.40. The van der Waals surface area contributed by atoms with Crippen molar-refractivity contribution in [3.05, 3.63) is 35.4 Å². The molecule has 4 heteroatoms. The number of hydrogen-bond donors (Lipinski definition) is 1. The summed E-state index contributed by atoms with van der Waals surface area (Å²) in [5.41, 5.74) is 7.29. The molecule has 1 rings (SSSR count). The second-order valence-electron chi connectivity index (χ2n) is 4.65. The van der Waals surface area contributed by atoms with Gasteiger partial charge in [-0.25, -0.2) is 0 Å². The van der Waals surface area contributed by atoms with Crippen LogP contribution in [0.4, 0.5) is 0 Å². The summed E-state index contributed by atoms with van der Waals surface area (Å²) in [5.74, 6) is 0.0509. The van der Waals surface area contributed by atoms with Gasteiger partial charge in [0, 0.05) is 31.8 Å². The first-order chi connectivity index (χ1) is 9.13. The molecule has 0 saturated carbocycles. The zero-order valence-corrected chi connectivity index (χ0v) is 12.1. The van der Waals surface area contributed by atoms with E-state index in [-0.39, 0.29) is 11.9 Å². The largest absolute Gasteiger partial charge is 0.383 e. The average molecular weight is 264 g/mol. The third-order valence-corrected chi connectivity index (χ3v) is 3.36. The Balaban J connectivity index is 2.84. The van der Waals surface area contributed by atoms with Gasteiger partial charge in [-0.05, 0) is 31.0 Å². The number of nitrogens with two attached hydrogens (primary N) is 1. The van der Waals surface area contributed by atoms with Gasteiger partial charge in [0.2, 0.25) is 0 Å². The van der Waals surface area contributed by atoms with Crippen molar-refractivity contribution < 1.29 is 9.53 Å². The molecule has 0 bridgehead atoms. The third-order valence-electron chi connectivity index (χ3n) is 3.36. The minimum absolute atomic E-state index is 0.0509. The molecule has 1 amide bonds. The Kier molecular flexibility index (Phi) is 6.53. The van der Waals surface area contributed by atoms with Crippen molar-refractivity contribution >= 4 is 5.91 Å². The van der Waals surface area contributed by atoms with E-state index in [0.29, 0.717) is 25.3 Å². The van der Waals surface area contributed by atoms with Crippen molar-refractivity contribution in [1.82, 2.24) is 4.90 Å². The molecule has 0 aromatic heterocycles. The van der Waals surface area contributed by atoms with Gasteiger partial charge < -0.3 is 15.4 Å². The van der Waals surface area contributed by atoms with E-state index >= 15 is 0 Å². The quantitative estimate of drug-likeness (QED) is 0.820. The summed E-state index contributed by atoms with van der Waals surface area (Å²) < 4.78 is 5.08. The highest BCUT2D eigenvalue weighted by atomic mass is 16.5. The molecular weight excluding hydrogens is 240 g/mol. The zero-order chi connectivity index (χ0) is 14.3. The van der Waals surface area contributed by atoms with Crippen molar-refractivity contribution in [2.45, 2.75) is 32.9 Å². The number of benzene rings is 1. The lowest BCUT2D eigenvalue weighted by molar-refractivity contribution is 0.0614. The van der Waals surface area contributed by atoms with Crippen LogP contribution >= 0.6 is 0 Å². The van der Waals surface area contributed by atoms with Gasteiger partial charge in [0.05, 0.1) is 6.61 Å². The molecule has 106 valence electrons. The molecule has 0 aliphatic heterocycles. The normalized spacial score (nSPS) is 12.2. The van der Waals surface area contributed by atoms with Crippen LogP contribution in [0.5, 0.6) is 0 Å². The number of methoxy groups -OCH3 is 1. The molecule has 4 nitrogen and oxygen atoms in total.